The summed E-state index contributed by atoms with van der Waals surface area (Å²) in [6, 6.07) is 6.03. The van der Waals surface area contributed by atoms with Crippen LogP contribution >= 0.6 is 11.6 Å². The highest BCUT2D eigenvalue weighted by molar-refractivity contribution is 6.32. The molecule has 0 radical (unpaired) electrons. The molecule has 5 nitrogen and oxygen atoms in total. The lowest BCUT2D eigenvalue weighted by atomic mass is 10.1. The van der Waals surface area contributed by atoms with Crippen molar-refractivity contribution in [2.45, 2.75) is 12.6 Å². The van der Waals surface area contributed by atoms with Gasteiger partial charge in [0.25, 0.3) is 0 Å². The van der Waals surface area contributed by atoms with E-state index in [0.29, 0.717) is 29.6 Å². The zero-order valence-corrected chi connectivity index (χ0v) is 11.1. The molecule has 2 heterocycles. The average Bonchev–Trinajstić information content (AvgIpc) is 2.88. The number of hydrogen-bond donors (Lipinski definition) is 1. The van der Waals surface area contributed by atoms with E-state index in [0.717, 1.165) is 18.7 Å². The standard InChI is InChI=1S/C13H14ClN3O2/c14-11-3-9(4-12-13(11)19-8-18-12)7-17-2-1-16-6-10(17)5-15/h3-4,10,16H,1-2,6-8H2. The van der Waals surface area contributed by atoms with E-state index in [2.05, 4.69) is 16.3 Å². The molecule has 0 aromatic heterocycles. The highest BCUT2D eigenvalue weighted by Crippen LogP contribution is 2.40. The molecule has 0 amide bonds. The number of nitrogens with one attached hydrogen (secondary N) is 1. The van der Waals surface area contributed by atoms with Gasteiger partial charge in [0, 0.05) is 26.2 Å². The number of piperazine rings is 1. The third-order valence-corrected chi connectivity index (χ3v) is 3.66. The van der Waals surface area contributed by atoms with Crippen LogP contribution in [0.2, 0.25) is 5.02 Å². The smallest absolute Gasteiger partial charge is 0.231 e. The molecular formula is C13H14ClN3O2. The summed E-state index contributed by atoms with van der Waals surface area (Å²) < 4.78 is 10.6. The lowest BCUT2D eigenvalue weighted by molar-refractivity contribution is 0.173. The first-order valence-electron chi connectivity index (χ1n) is 6.20. The summed E-state index contributed by atoms with van der Waals surface area (Å²) in [6.45, 7) is 3.36. The molecular weight excluding hydrogens is 266 g/mol. The molecule has 3 rings (SSSR count). The van der Waals surface area contributed by atoms with Crippen molar-refractivity contribution in [2.75, 3.05) is 26.4 Å². The maximum absolute atomic E-state index is 9.15. The lowest BCUT2D eigenvalue weighted by Gasteiger charge is -2.31. The van der Waals surface area contributed by atoms with Crippen LogP contribution in [-0.2, 0) is 6.54 Å². The van der Waals surface area contributed by atoms with Gasteiger partial charge >= 0.3 is 0 Å². The quantitative estimate of drug-likeness (QED) is 0.886. The SMILES string of the molecule is N#CC1CNCCN1Cc1cc(Cl)c2c(c1)OCO2. The maximum atomic E-state index is 9.15. The Morgan fingerprint density at radius 2 is 2.37 bits per heavy atom. The summed E-state index contributed by atoms with van der Waals surface area (Å²) in [5.74, 6) is 1.30. The van der Waals surface area contributed by atoms with Gasteiger partial charge in [-0.2, -0.15) is 5.26 Å². The summed E-state index contributed by atoms with van der Waals surface area (Å²) in [5, 5.41) is 12.9. The van der Waals surface area contributed by atoms with E-state index >= 15 is 0 Å². The fraction of sp³-hybridized carbons (Fsp3) is 0.462. The third kappa shape index (κ3) is 2.47. The van der Waals surface area contributed by atoms with E-state index in [1.165, 1.54) is 0 Å². The molecule has 19 heavy (non-hydrogen) atoms. The van der Waals surface area contributed by atoms with E-state index < -0.39 is 0 Å². The minimum Gasteiger partial charge on any atom is -0.454 e. The molecule has 2 aliphatic heterocycles. The van der Waals surface area contributed by atoms with Crippen molar-refractivity contribution in [1.82, 2.24) is 10.2 Å². The average molecular weight is 280 g/mol. The third-order valence-electron chi connectivity index (χ3n) is 3.38. The molecule has 0 spiro atoms. The summed E-state index contributed by atoms with van der Waals surface area (Å²) >= 11 is 6.16. The molecule has 0 bridgehead atoms. The van der Waals surface area contributed by atoms with Crippen LogP contribution in [0.1, 0.15) is 5.56 Å². The second-order valence-corrected chi connectivity index (χ2v) is 5.04. The lowest BCUT2D eigenvalue weighted by Crippen LogP contribution is -2.49. The Hall–Kier alpha value is -1.48. The number of halogens is 1. The van der Waals surface area contributed by atoms with Crippen molar-refractivity contribution >= 4 is 11.6 Å². The largest absolute Gasteiger partial charge is 0.454 e. The normalized spacial score (nSPS) is 22.2. The zero-order valence-electron chi connectivity index (χ0n) is 10.4. The van der Waals surface area contributed by atoms with E-state index in [4.69, 9.17) is 26.3 Å². The highest BCUT2D eigenvalue weighted by Gasteiger charge is 2.24. The molecule has 0 saturated carbocycles. The van der Waals surface area contributed by atoms with Gasteiger partial charge in [0.15, 0.2) is 11.5 Å². The van der Waals surface area contributed by atoms with Gasteiger partial charge in [0.2, 0.25) is 6.79 Å². The Morgan fingerprint density at radius 1 is 1.47 bits per heavy atom. The Bertz CT molecular complexity index is 529. The van der Waals surface area contributed by atoms with Gasteiger partial charge in [-0.05, 0) is 17.7 Å². The Balaban J connectivity index is 1.80. The Morgan fingerprint density at radius 3 is 3.21 bits per heavy atom. The van der Waals surface area contributed by atoms with Gasteiger partial charge in [0.05, 0.1) is 11.1 Å². The Kier molecular flexibility index (Phi) is 3.47. The van der Waals surface area contributed by atoms with Crippen LogP contribution in [0.3, 0.4) is 0 Å². The number of benzene rings is 1. The summed E-state index contributed by atoms with van der Waals surface area (Å²) in [4.78, 5) is 2.14. The first kappa shape index (κ1) is 12.5. The molecule has 2 aliphatic rings. The predicted molar refractivity (Wildman–Crippen MR) is 70.3 cm³/mol. The first-order valence-corrected chi connectivity index (χ1v) is 6.58. The highest BCUT2D eigenvalue weighted by atomic mass is 35.5. The van der Waals surface area contributed by atoms with Crippen LogP contribution in [0, 0.1) is 11.3 Å². The van der Waals surface area contributed by atoms with Crippen molar-refractivity contribution in [3.05, 3.63) is 22.7 Å². The van der Waals surface area contributed by atoms with E-state index in [9.17, 15) is 0 Å². The van der Waals surface area contributed by atoms with Gasteiger partial charge in [-0.15, -0.1) is 0 Å². The van der Waals surface area contributed by atoms with Gasteiger partial charge in [-0.1, -0.05) is 11.6 Å². The van der Waals surface area contributed by atoms with E-state index in [-0.39, 0.29) is 12.8 Å². The van der Waals surface area contributed by atoms with Crippen molar-refractivity contribution in [3.63, 3.8) is 0 Å². The van der Waals surface area contributed by atoms with Gasteiger partial charge in [0.1, 0.15) is 6.04 Å². The van der Waals surface area contributed by atoms with Crippen LogP contribution in [0.25, 0.3) is 0 Å². The monoisotopic (exact) mass is 279 g/mol. The molecule has 1 aromatic rings. The molecule has 1 aromatic carbocycles. The van der Waals surface area contributed by atoms with Crippen LogP contribution in [0.15, 0.2) is 12.1 Å². The minimum atomic E-state index is -0.0991. The summed E-state index contributed by atoms with van der Waals surface area (Å²) in [5.41, 5.74) is 1.04. The molecule has 6 heteroatoms. The molecule has 1 unspecified atom stereocenters. The fourth-order valence-electron chi connectivity index (χ4n) is 2.41. The minimum absolute atomic E-state index is 0.0991. The van der Waals surface area contributed by atoms with Crippen LogP contribution in [-0.4, -0.2) is 37.4 Å². The molecule has 1 atom stereocenters. The van der Waals surface area contributed by atoms with Gasteiger partial charge in [-0.3, -0.25) is 4.90 Å². The molecule has 100 valence electrons. The number of rotatable bonds is 2. The van der Waals surface area contributed by atoms with Crippen molar-refractivity contribution in [3.8, 4) is 17.6 Å². The van der Waals surface area contributed by atoms with E-state index in [1.54, 1.807) is 0 Å². The number of nitriles is 1. The van der Waals surface area contributed by atoms with Crippen LogP contribution in [0.5, 0.6) is 11.5 Å². The molecule has 1 saturated heterocycles. The Labute approximate surface area is 116 Å². The van der Waals surface area contributed by atoms with Crippen molar-refractivity contribution in [2.24, 2.45) is 0 Å². The van der Waals surface area contributed by atoms with Gasteiger partial charge in [-0.25, -0.2) is 0 Å². The second-order valence-electron chi connectivity index (χ2n) is 4.63. The van der Waals surface area contributed by atoms with Gasteiger partial charge < -0.3 is 14.8 Å². The first-order chi connectivity index (χ1) is 9.28. The van der Waals surface area contributed by atoms with Crippen molar-refractivity contribution in [1.29, 1.82) is 5.26 Å². The zero-order chi connectivity index (χ0) is 13.2. The predicted octanol–water partition coefficient (Wildman–Crippen LogP) is 1.37. The fourth-order valence-corrected chi connectivity index (χ4v) is 2.70. The number of fused-ring (bicyclic) bond motifs is 1. The number of ether oxygens (including phenoxy) is 2. The molecule has 1 N–H and O–H groups in total. The summed E-state index contributed by atoms with van der Waals surface area (Å²) in [6.07, 6.45) is 0. The summed E-state index contributed by atoms with van der Waals surface area (Å²) in [7, 11) is 0. The number of hydrogen-bond acceptors (Lipinski definition) is 5. The maximum Gasteiger partial charge on any atom is 0.231 e. The second kappa shape index (κ2) is 5.25. The molecule has 0 aliphatic carbocycles. The topological polar surface area (TPSA) is 57.5 Å². The van der Waals surface area contributed by atoms with Crippen molar-refractivity contribution < 1.29 is 9.47 Å². The van der Waals surface area contributed by atoms with Crippen LogP contribution in [0.4, 0.5) is 0 Å². The van der Waals surface area contributed by atoms with E-state index in [1.807, 2.05) is 12.1 Å². The molecule has 1 fully saturated rings. The van der Waals surface area contributed by atoms with Crippen LogP contribution < -0.4 is 14.8 Å². The number of nitrogens with zero attached hydrogens (tertiary/aromatic N) is 2.